The molecule has 0 unspecified atom stereocenters. The number of anilines is 1. The lowest BCUT2D eigenvalue weighted by atomic mass is 9.93. The third-order valence-corrected chi connectivity index (χ3v) is 6.38. The number of fused-ring (bicyclic) bond motifs is 2. The van der Waals surface area contributed by atoms with Gasteiger partial charge in [-0.05, 0) is 42.7 Å². The molecule has 28 heavy (non-hydrogen) atoms. The molecule has 2 aromatic heterocycles. The summed E-state index contributed by atoms with van der Waals surface area (Å²) in [6.07, 6.45) is 5.53. The lowest BCUT2D eigenvalue weighted by Crippen LogP contribution is -2.36. The van der Waals surface area contributed by atoms with Gasteiger partial charge in [0.2, 0.25) is 0 Å². The molecule has 7 heteroatoms. The molecule has 4 aromatic rings. The summed E-state index contributed by atoms with van der Waals surface area (Å²) in [5.41, 5.74) is 3.68. The van der Waals surface area contributed by atoms with E-state index in [1.165, 1.54) is 12.1 Å². The fourth-order valence-corrected chi connectivity index (χ4v) is 4.92. The van der Waals surface area contributed by atoms with Gasteiger partial charge in [0.1, 0.15) is 5.82 Å². The first-order chi connectivity index (χ1) is 13.7. The molecule has 2 aromatic carbocycles. The Morgan fingerprint density at radius 1 is 1.14 bits per heavy atom. The molecule has 1 fully saturated rings. The van der Waals surface area contributed by atoms with Gasteiger partial charge in [-0.2, -0.15) is 0 Å². The Morgan fingerprint density at radius 3 is 2.93 bits per heavy atom. The number of imidazole rings is 1. The van der Waals surface area contributed by atoms with E-state index in [0.29, 0.717) is 12.1 Å². The van der Waals surface area contributed by atoms with Gasteiger partial charge in [0, 0.05) is 12.6 Å². The molecule has 2 heterocycles. The lowest BCUT2D eigenvalue weighted by molar-refractivity contribution is 0.116. The van der Waals surface area contributed by atoms with E-state index >= 15 is 0 Å². The van der Waals surface area contributed by atoms with Crippen molar-refractivity contribution in [3.8, 4) is 0 Å². The molecule has 144 valence electrons. The number of thiazole rings is 1. The topological polar surface area (TPSA) is 63.0 Å². The van der Waals surface area contributed by atoms with Crippen molar-refractivity contribution in [2.45, 2.75) is 44.4 Å². The molecule has 0 spiro atoms. The van der Waals surface area contributed by atoms with Gasteiger partial charge in [-0.25, -0.2) is 14.4 Å². The van der Waals surface area contributed by atoms with Gasteiger partial charge in [-0.15, -0.1) is 0 Å². The van der Waals surface area contributed by atoms with E-state index in [2.05, 4.69) is 27.4 Å². The number of aliphatic hydroxyl groups excluding tert-OH is 1. The van der Waals surface area contributed by atoms with E-state index in [-0.39, 0.29) is 18.0 Å². The Hall–Kier alpha value is -2.51. The number of rotatable bonds is 4. The van der Waals surface area contributed by atoms with E-state index in [9.17, 15) is 9.50 Å². The predicted octanol–water partition coefficient (Wildman–Crippen LogP) is 4.55. The Kier molecular flexibility index (Phi) is 4.49. The maximum absolute atomic E-state index is 13.4. The normalized spacial score (nSPS) is 20.1. The monoisotopic (exact) mass is 396 g/mol. The van der Waals surface area contributed by atoms with Crippen molar-refractivity contribution < 1.29 is 9.50 Å². The molecule has 1 aliphatic carbocycles. The highest BCUT2D eigenvalue weighted by atomic mass is 32.1. The van der Waals surface area contributed by atoms with E-state index in [4.69, 9.17) is 0 Å². The first kappa shape index (κ1) is 17.6. The van der Waals surface area contributed by atoms with E-state index in [1.54, 1.807) is 23.7 Å². The molecular formula is C21H21FN4OS. The molecular weight excluding hydrogens is 375 g/mol. The number of aliphatic hydroxyl groups is 1. The second-order valence-electron chi connectivity index (χ2n) is 7.43. The molecule has 1 saturated carbocycles. The standard InChI is InChI=1S/C21H21FN4OS/c22-14-6-8-18-17(10-14)23-12-26(18)11-13-5-7-16-20(9-13)28-21(25-16)24-15-3-1-2-4-19(15)27/h5-10,12,15,19,27H,1-4,11H2,(H,24,25)/t15-,19-/m1/s1. The van der Waals surface area contributed by atoms with Crippen LogP contribution in [0.2, 0.25) is 0 Å². The van der Waals surface area contributed by atoms with Gasteiger partial charge in [0.25, 0.3) is 0 Å². The maximum Gasteiger partial charge on any atom is 0.184 e. The van der Waals surface area contributed by atoms with Gasteiger partial charge < -0.3 is 15.0 Å². The van der Waals surface area contributed by atoms with Crippen LogP contribution < -0.4 is 5.32 Å². The summed E-state index contributed by atoms with van der Waals surface area (Å²) in [7, 11) is 0. The second-order valence-corrected chi connectivity index (χ2v) is 8.46. The summed E-state index contributed by atoms with van der Waals surface area (Å²) in [5, 5.41) is 14.5. The van der Waals surface area contributed by atoms with Crippen molar-refractivity contribution in [3.63, 3.8) is 0 Å². The van der Waals surface area contributed by atoms with Crippen LogP contribution in [0.5, 0.6) is 0 Å². The lowest BCUT2D eigenvalue weighted by Gasteiger charge is -2.27. The van der Waals surface area contributed by atoms with Crippen LogP contribution in [0.1, 0.15) is 31.2 Å². The van der Waals surface area contributed by atoms with Crippen molar-refractivity contribution >= 4 is 37.7 Å². The summed E-state index contributed by atoms with van der Waals surface area (Å²) >= 11 is 1.62. The molecule has 0 saturated heterocycles. The molecule has 0 bridgehead atoms. The SMILES string of the molecule is O[C@@H]1CCCC[C@H]1Nc1nc2ccc(Cn3cnc4cc(F)ccc43)cc2s1. The number of nitrogens with one attached hydrogen (secondary N) is 1. The second kappa shape index (κ2) is 7.14. The van der Waals surface area contributed by atoms with Crippen molar-refractivity contribution in [3.05, 3.63) is 54.1 Å². The number of nitrogens with zero attached hydrogens (tertiary/aromatic N) is 3. The van der Waals surface area contributed by atoms with Crippen molar-refractivity contribution in [1.82, 2.24) is 14.5 Å². The summed E-state index contributed by atoms with van der Waals surface area (Å²) in [6.45, 7) is 0.667. The first-order valence-corrected chi connectivity index (χ1v) is 10.4. The van der Waals surface area contributed by atoms with Crippen LogP contribution in [-0.2, 0) is 6.54 Å². The number of hydrogen-bond donors (Lipinski definition) is 2. The Morgan fingerprint density at radius 2 is 2.04 bits per heavy atom. The minimum Gasteiger partial charge on any atom is -0.391 e. The van der Waals surface area contributed by atoms with Gasteiger partial charge in [0.15, 0.2) is 5.13 Å². The van der Waals surface area contributed by atoms with Crippen LogP contribution in [-0.4, -0.2) is 31.8 Å². The molecule has 5 rings (SSSR count). The highest BCUT2D eigenvalue weighted by Gasteiger charge is 2.23. The van der Waals surface area contributed by atoms with Crippen LogP contribution in [0.3, 0.4) is 0 Å². The zero-order chi connectivity index (χ0) is 19.1. The van der Waals surface area contributed by atoms with E-state index < -0.39 is 0 Å². The molecule has 2 atom stereocenters. The molecule has 0 radical (unpaired) electrons. The Balaban J connectivity index is 1.38. The number of hydrogen-bond acceptors (Lipinski definition) is 5. The molecule has 2 N–H and O–H groups in total. The largest absolute Gasteiger partial charge is 0.391 e. The van der Waals surface area contributed by atoms with Crippen molar-refractivity contribution in [1.29, 1.82) is 0 Å². The number of aromatic nitrogens is 3. The minimum atomic E-state index is -0.296. The highest BCUT2D eigenvalue weighted by molar-refractivity contribution is 7.22. The molecule has 0 aliphatic heterocycles. The third kappa shape index (κ3) is 3.36. The highest BCUT2D eigenvalue weighted by Crippen LogP contribution is 2.30. The summed E-state index contributed by atoms with van der Waals surface area (Å²) in [4.78, 5) is 8.97. The summed E-state index contributed by atoms with van der Waals surface area (Å²) in [6, 6.07) is 11.0. The average molecular weight is 396 g/mol. The maximum atomic E-state index is 13.4. The zero-order valence-corrected chi connectivity index (χ0v) is 16.1. The first-order valence-electron chi connectivity index (χ1n) is 9.60. The minimum absolute atomic E-state index is 0.0893. The smallest absolute Gasteiger partial charge is 0.184 e. The van der Waals surface area contributed by atoms with Gasteiger partial charge in [-0.1, -0.05) is 30.2 Å². The summed E-state index contributed by atoms with van der Waals surface area (Å²) in [5.74, 6) is -0.271. The number of halogens is 1. The van der Waals surface area contributed by atoms with Crippen LogP contribution >= 0.6 is 11.3 Å². The Labute approximate surface area is 165 Å². The van der Waals surface area contributed by atoms with Crippen LogP contribution in [0, 0.1) is 5.82 Å². The van der Waals surface area contributed by atoms with Crippen LogP contribution in [0.4, 0.5) is 9.52 Å². The van der Waals surface area contributed by atoms with Crippen LogP contribution in [0.25, 0.3) is 21.3 Å². The van der Waals surface area contributed by atoms with E-state index in [0.717, 1.165) is 52.1 Å². The van der Waals surface area contributed by atoms with E-state index in [1.807, 2.05) is 10.6 Å². The predicted molar refractivity (Wildman–Crippen MR) is 110 cm³/mol. The molecule has 0 amide bonds. The van der Waals surface area contributed by atoms with Crippen molar-refractivity contribution in [2.24, 2.45) is 0 Å². The Bertz CT molecular complexity index is 1140. The van der Waals surface area contributed by atoms with Crippen molar-refractivity contribution in [2.75, 3.05) is 5.32 Å². The molecule has 5 nitrogen and oxygen atoms in total. The fraction of sp³-hybridized carbons (Fsp3) is 0.333. The van der Waals surface area contributed by atoms with Gasteiger partial charge in [0.05, 0.1) is 39.7 Å². The average Bonchev–Trinajstić information content (AvgIpc) is 3.26. The summed E-state index contributed by atoms with van der Waals surface area (Å²) < 4.78 is 16.5. The fourth-order valence-electron chi connectivity index (χ4n) is 3.93. The number of benzene rings is 2. The zero-order valence-electron chi connectivity index (χ0n) is 15.3. The van der Waals surface area contributed by atoms with Crippen LogP contribution in [0.15, 0.2) is 42.7 Å². The van der Waals surface area contributed by atoms with Gasteiger partial charge >= 0.3 is 0 Å². The third-order valence-electron chi connectivity index (χ3n) is 5.43. The quantitative estimate of drug-likeness (QED) is 0.531. The van der Waals surface area contributed by atoms with Gasteiger partial charge in [-0.3, -0.25) is 0 Å². The molecule has 1 aliphatic rings.